The summed E-state index contributed by atoms with van der Waals surface area (Å²) in [6.07, 6.45) is 3.76. The molecular weight excluding hydrogens is 356 g/mol. The van der Waals surface area contributed by atoms with E-state index in [9.17, 15) is 9.59 Å². The molecule has 2 amide bonds. The average Bonchev–Trinajstić information content (AvgIpc) is 2.58. The summed E-state index contributed by atoms with van der Waals surface area (Å²) >= 11 is 0. The second kappa shape index (κ2) is 8.91. The number of amides is 2. The molecule has 2 aliphatic heterocycles. The molecule has 0 atom stereocenters. The maximum Gasteiger partial charge on any atom is 0.410 e. The van der Waals surface area contributed by atoms with E-state index in [2.05, 4.69) is 6.92 Å². The number of ether oxygens (including phenoxy) is 2. The van der Waals surface area contributed by atoms with Crippen molar-refractivity contribution >= 4 is 12.2 Å². The van der Waals surface area contributed by atoms with Gasteiger partial charge in [-0.15, -0.1) is 0 Å². The Bertz CT molecular complexity index is 486. The third-order valence-corrected chi connectivity index (χ3v) is 5.87. The molecule has 2 rings (SSSR count). The van der Waals surface area contributed by atoms with Gasteiger partial charge in [0.2, 0.25) is 0 Å². The van der Waals surface area contributed by atoms with Gasteiger partial charge in [-0.3, -0.25) is 0 Å². The first kappa shape index (κ1) is 22.8. The van der Waals surface area contributed by atoms with Crippen LogP contribution >= 0.6 is 0 Å². The highest BCUT2D eigenvalue weighted by Crippen LogP contribution is 2.35. The van der Waals surface area contributed by atoms with Crippen molar-refractivity contribution in [1.29, 1.82) is 0 Å². The number of carbonyl (C=O) groups is 2. The van der Waals surface area contributed by atoms with Crippen LogP contribution in [0.15, 0.2) is 0 Å². The van der Waals surface area contributed by atoms with E-state index < -0.39 is 11.2 Å². The van der Waals surface area contributed by atoms with Gasteiger partial charge in [0.1, 0.15) is 11.2 Å². The van der Waals surface area contributed by atoms with Crippen molar-refractivity contribution in [3.05, 3.63) is 0 Å². The van der Waals surface area contributed by atoms with E-state index in [-0.39, 0.29) is 12.2 Å². The highest BCUT2D eigenvalue weighted by molar-refractivity contribution is 5.68. The number of likely N-dealkylation sites (tertiary alicyclic amines) is 2. The summed E-state index contributed by atoms with van der Waals surface area (Å²) in [7, 11) is 0. The Balaban J connectivity index is 1.76. The zero-order chi connectivity index (χ0) is 21.1. The highest BCUT2D eigenvalue weighted by Gasteiger charge is 2.34. The second-order valence-electron chi connectivity index (χ2n) is 10.5. The van der Waals surface area contributed by atoms with E-state index in [0.717, 1.165) is 51.9 Å². The maximum atomic E-state index is 12.2. The summed E-state index contributed by atoms with van der Waals surface area (Å²) in [4.78, 5) is 28.2. The third kappa shape index (κ3) is 6.85. The number of rotatable bonds is 2. The van der Waals surface area contributed by atoms with Crippen molar-refractivity contribution in [2.45, 2.75) is 85.4 Å². The number of carbonyl (C=O) groups excluding carboxylic acids is 2. The molecule has 6 nitrogen and oxygen atoms in total. The monoisotopic (exact) mass is 396 g/mol. The van der Waals surface area contributed by atoms with Gasteiger partial charge in [-0.2, -0.15) is 0 Å². The van der Waals surface area contributed by atoms with Crippen molar-refractivity contribution in [1.82, 2.24) is 9.80 Å². The minimum Gasteiger partial charge on any atom is -0.444 e. The summed E-state index contributed by atoms with van der Waals surface area (Å²) in [6, 6.07) is 0. The van der Waals surface area contributed by atoms with Crippen molar-refractivity contribution in [2.24, 2.45) is 17.8 Å². The Morgan fingerprint density at radius 1 is 0.714 bits per heavy atom. The molecule has 2 saturated heterocycles. The molecule has 28 heavy (non-hydrogen) atoms. The molecule has 2 fully saturated rings. The molecule has 2 heterocycles. The van der Waals surface area contributed by atoms with Crippen LogP contribution in [-0.4, -0.2) is 59.4 Å². The van der Waals surface area contributed by atoms with Gasteiger partial charge in [0.05, 0.1) is 0 Å². The zero-order valence-corrected chi connectivity index (χ0v) is 18.9. The van der Waals surface area contributed by atoms with Gasteiger partial charge in [-0.05, 0) is 85.0 Å². The van der Waals surface area contributed by atoms with Crippen molar-refractivity contribution in [2.75, 3.05) is 26.2 Å². The SMILES string of the molecule is CC(C1CCN(C(=O)OC(C)(C)C)CC1)C1CCN(C(=O)OC(C)(C)C)CC1. The van der Waals surface area contributed by atoms with Crippen molar-refractivity contribution in [3.8, 4) is 0 Å². The number of nitrogens with zero attached hydrogens (tertiary/aromatic N) is 2. The van der Waals surface area contributed by atoms with Crippen LogP contribution in [0.3, 0.4) is 0 Å². The normalized spacial score (nSPS) is 20.4. The largest absolute Gasteiger partial charge is 0.444 e. The Kier molecular flexibility index (Phi) is 7.27. The molecule has 0 aromatic rings. The number of hydrogen-bond donors (Lipinski definition) is 0. The Hall–Kier alpha value is -1.46. The molecule has 0 unspecified atom stereocenters. The van der Waals surface area contributed by atoms with Gasteiger partial charge in [-0.1, -0.05) is 6.92 Å². The fourth-order valence-corrected chi connectivity index (χ4v) is 4.25. The molecule has 2 aliphatic rings. The molecule has 0 saturated carbocycles. The first-order valence-corrected chi connectivity index (χ1v) is 10.8. The van der Waals surface area contributed by atoms with E-state index >= 15 is 0 Å². The van der Waals surface area contributed by atoms with E-state index in [1.54, 1.807) is 0 Å². The molecule has 0 aromatic carbocycles. The summed E-state index contributed by atoms with van der Waals surface area (Å²) < 4.78 is 11.0. The van der Waals surface area contributed by atoms with Crippen LogP contribution in [-0.2, 0) is 9.47 Å². The van der Waals surface area contributed by atoms with Crippen molar-refractivity contribution in [3.63, 3.8) is 0 Å². The van der Waals surface area contributed by atoms with Gasteiger partial charge in [0.25, 0.3) is 0 Å². The van der Waals surface area contributed by atoms with Gasteiger partial charge in [0, 0.05) is 26.2 Å². The number of hydrogen-bond acceptors (Lipinski definition) is 4. The predicted molar refractivity (Wildman–Crippen MR) is 110 cm³/mol. The minimum atomic E-state index is -0.441. The van der Waals surface area contributed by atoms with Gasteiger partial charge < -0.3 is 19.3 Å². The Labute approximate surface area is 170 Å². The molecule has 0 radical (unpaired) electrons. The lowest BCUT2D eigenvalue weighted by Crippen LogP contribution is -2.45. The van der Waals surface area contributed by atoms with Crippen LogP contribution in [0.2, 0.25) is 0 Å². The fraction of sp³-hybridized carbons (Fsp3) is 0.909. The molecule has 162 valence electrons. The molecule has 0 bridgehead atoms. The van der Waals surface area contributed by atoms with Gasteiger partial charge >= 0.3 is 12.2 Å². The van der Waals surface area contributed by atoms with E-state index in [1.807, 2.05) is 51.3 Å². The third-order valence-electron chi connectivity index (χ3n) is 5.87. The topological polar surface area (TPSA) is 59.1 Å². The van der Waals surface area contributed by atoms with Gasteiger partial charge in [0.15, 0.2) is 0 Å². The molecular formula is C22H40N2O4. The predicted octanol–water partition coefficient (Wildman–Crippen LogP) is 4.92. The smallest absolute Gasteiger partial charge is 0.410 e. The second-order valence-corrected chi connectivity index (χ2v) is 10.5. The number of piperidine rings is 2. The Morgan fingerprint density at radius 2 is 1.00 bits per heavy atom. The maximum absolute atomic E-state index is 12.2. The molecule has 0 aliphatic carbocycles. The zero-order valence-electron chi connectivity index (χ0n) is 18.9. The van der Waals surface area contributed by atoms with Crippen LogP contribution < -0.4 is 0 Å². The van der Waals surface area contributed by atoms with Crippen molar-refractivity contribution < 1.29 is 19.1 Å². The molecule has 0 N–H and O–H groups in total. The lowest BCUT2D eigenvalue weighted by molar-refractivity contribution is 0.00831. The van der Waals surface area contributed by atoms with Crippen LogP contribution in [0.25, 0.3) is 0 Å². The lowest BCUT2D eigenvalue weighted by atomic mass is 9.74. The van der Waals surface area contributed by atoms with Gasteiger partial charge in [-0.25, -0.2) is 9.59 Å². The van der Waals surface area contributed by atoms with Crippen LogP contribution in [0.5, 0.6) is 0 Å². The first-order chi connectivity index (χ1) is 12.9. The van der Waals surface area contributed by atoms with E-state index in [0.29, 0.717) is 17.8 Å². The minimum absolute atomic E-state index is 0.190. The quantitative estimate of drug-likeness (QED) is 0.665. The average molecular weight is 397 g/mol. The van der Waals surface area contributed by atoms with E-state index in [1.165, 1.54) is 0 Å². The molecule has 6 heteroatoms. The molecule has 0 aromatic heterocycles. The summed E-state index contributed by atoms with van der Waals surface area (Å²) in [5.74, 6) is 1.88. The first-order valence-electron chi connectivity index (χ1n) is 10.8. The summed E-state index contributed by atoms with van der Waals surface area (Å²) in [5.41, 5.74) is -0.882. The standard InChI is InChI=1S/C22H40N2O4/c1-16(17-8-12-23(13-9-17)19(25)27-21(2,3)4)18-10-14-24(15-11-18)20(26)28-22(5,6)7/h16-18H,8-15H2,1-7H3. The van der Waals surface area contributed by atoms with Crippen LogP contribution in [0.1, 0.15) is 74.1 Å². The Morgan fingerprint density at radius 3 is 1.25 bits per heavy atom. The summed E-state index contributed by atoms with van der Waals surface area (Å²) in [6.45, 7) is 16.9. The summed E-state index contributed by atoms with van der Waals surface area (Å²) in [5, 5.41) is 0. The van der Waals surface area contributed by atoms with Crippen LogP contribution in [0, 0.1) is 17.8 Å². The van der Waals surface area contributed by atoms with Crippen LogP contribution in [0.4, 0.5) is 9.59 Å². The lowest BCUT2D eigenvalue weighted by Gasteiger charge is -2.41. The highest BCUT2D eigenvalue weighted by atomic mass is 16.6. The van der Waals surface area contributed by atoms with E-state index in [4.69, 9.17) is 9.47 Å². The molecule has 0 spiro atoms. The fourth-order valence-electron chi connectivity index (χ4n) is 4.25.